The van der Waals surface area contributed by atoms with Crippen LogP contribution in [0.3, 0.4) is 0 Å². The van der Waals surface area contributed by atoms with Crippen LogP contribution in [0.25, 0.3) is 0 Å². The molecule has 0 aliphatic heterocycles. The molecule has 1 saturated carbocycles. The van der Waals surface area contributed by atoms with Gasteiger partial charge in [0, 0.05) is 24.3 Å². The van der Waals surface area contributed by atoms with Crippen LogP contribution in [-0.4, -0.2) is 11.9 Å². The van der Waals surface area contributed by atoms with E-state index >= 15 is 0 Å². The topological polar surface area (TPSA) is 41.1 Å². The summed E-state index contributed by atoms with van der Waals surface area (Å²) in [6.07, 6.45) is 3.78. The number of hydrogen-bond donors (Lipinski definition) is 2. The molecule has 0 heterocycles. The van der Waals surface area contributed by atoms with Gasteiger partial charge in [-0.15, -0.1) is 0 Å². The zero-order valence-corrected chi connectivity index (χ0v) is 12.3. The van der Waals surface area contributed by atoms with E-state index in [0.29, 0.717) is 11.5 Å². The number of benzene rings is 1. The van der Waals surface area contributed by atoms with Crippen LogP contribution in [0.5, 0.6) is 0 Å². The molecular weight excluding hydrogens is 236 g/mol. The van der Waals surface area contributed by atoms with Crippen LogP contribution in [0.15, 0.2) is 18.2 Å². The second-order valence-electron chi connectivity index (χ2n) is 6.29. The highest BCUT2D eigenvalue weighted by molar-refractivity contribution is 5.90. The highest BCUT2D eigenvalue weighted by atomic mass is 16.1. The number of rotatable bonds is 3. The first-order valence-electron chi connectivity index (χ1n) is 7.03. The summed E-state index contributed by atoms with van der Waals surface area (Å²) >= 11 is 0. The smallest absolute Gasteiger partial charge is 0.221 e. The number of carbonyl (C=O) groups is 1. The van der Waals surface area contributed by atoms with Crippen molar-refractivity contribution < 1.29 is 4.79 Å². The minimum atomic E-state index is -0.0264. The maximum Gasteiger partial charge on any atom is 0.221 e. The minimum Gasteiger partial charge on any atom is -0.382 e. The summed E-state index contributed by atoms with van der Waals surface area (Å²) in [5.74, 6) is -0.0264. The molecule has 3 nitrogen and oxygen atoms in total. The molecule has 0 spiro atoms. The van der Waals surface area contributed by atoms with Gasteiger partial charge in [-0.2, -0.15) is 0 Å². The second kappa shape index (κ2) is 5.24. The van der Waals surface area contributed by atoms with Gasteiger partial charge in [-0.1, -0.05) is 26.3 Å². The quantitative estimate of drug-likeness (QED) is 0.864. The van der Waals surface area contributed by atoms with Gasteiger partial charge in [-0.3, -0.25) is 4.79 Å². The zero-order valence-electron chi connectivity index (χ0n) is 12.3. The minimum absolute atomic E-state index is 0.0264. The first-order chi connectivity index (χ1) is 8.88. The lowest BCUT2D eigenvalue weighted by Crippen LogP contribution is -2.30. The first-order valence-corrected chi connectivity index (χ1v) is 7.03. The Morgan fingerprint density at radius 1 is 1.37 bits per heavy atom. The lowest BCUT2D eigenvalue weighted by atomic mass is 9.87. The number of carbonyl (C=O) groups excluding carboxylic acids is 1. The van der Waals surface area contributed by atoms with Crippen LogP contribution < -0.4 is 10.6 Å². The molecule has 0 bridgehead atoms. The average molecular weight is 260 g/mol. The molecule has 1 amide bonds. The normalized spacial score (nSPS) is 21.2. The predicted octanol–water partition coefficient (Wildman–Crippen LogP) is 3.94. The Morgan fingerprint density at radius 2 is 2.11 bits per heavy atom. The second-order valence-corrected chi connectivity index (χ2v) is 6.29. The molecule has 2 rings (SSSR count). The number of hydrogen-bond acceptors (Lipinski definition) is 2. The van der Waals surface area contributed by atoms with Crippen molar-refractivity contribution in [1.29, 1.82) is 0 Å². The van der Waals surface area contributed by atoms with Gasteiger partial charge < -0.3 is 10.6 Å². The highest BCUT2D eigenvalue weighted by Crippen LogP contribution is 2.39. The SMILES string of the molecule is CC(=O)Nc1cc(NC2CCCC2(C)C)ccc1C. The van der Waals surface area contributed by atoms with Crippen molar-refractivity contribution in [3.8, 4) is 0 Å². The van der Waals surface area contributed by atoms with E-state index in [1.807, 2.05) is 13.0 Å². The van der Waals surface area contributed by atoms with Crippen molar-refractivity contribution in [3.63, 3.8) is 0 Å². The third-order valence-corrected chi connectivity index (χ3v) is 4.15. The molecule has 19 heavy (non-hydrogen) atoms. The number of amides is 1. The van der Waals surface area contributed by atoms with Crippen molar-refractivity contribution in [3.05, 3.63) is 23.8 Å². The Bertz CT molecular complexity index is 480. The molecular formula is C16H24N2O. The zero-order chi connectivity index (χ0) is 14.0. The van der Waals surface area contributed by atoms with E-state index in [4.69, 9.17) is 0 Å². The summed E-state index contributed by atoms with van der Waals surface area (Å²) in [4.78, 5) is 11.2. The van der Waals surface area contributed by atoms with Crippen molar-refractivity contribution in [2.75, 3.05) is 10.6 Å². The predicted molar refractivity (Wildman–Crippen MR) is 80.5 cm³/mol. The largest absolute Gasteiger partial charge is 0.382 e. The molecule has 1 aromatic rings. The van der Waals surface area contributed by atoms with Crippen molar-refractivity contribution in [2.24, 2.45) is 5.41 Å². The molecule has 0 saturated heterocycles. The van der Waals surface area contributed by atoms with E-state index in [2.05, 4.69) is 36.6 Å². The summed E-state index contributed by atoms with van der Waals surface area (Å²) in [7, 11) is 0. The monoisotopic (exact) mass is 260 g/mol. The van der Waals surface area contributed by atoms with Crippen LogP contribution in [0.2, 0.25) is 0 Å². The van der Waals surface area contributed by atoms with Gasteiger partial charge in [0.15, 0.2) is 0 Å². The lowest BCUT2D eigenvalue weighted by molar-refractivity contribution is -0.114. The van der Waals surface area contributed by atoms with Crippen molar-refractivity contribution >= 4 is 17.3 Å². The molecule has 1 aromatic carbocycles. The van der Waals surface area contributed by atoms with Crippen LogP contribution in [0, 0.1) is 12.3 Å². The molecule has 1 unspecified atom stereocenters. The molecule has 0 radical (unpaired) electrons. The van der Waals surface area contributed by atoms with E-state index in [0.717, 1.165) is 16.9 Å². The average Bonchev–Trinajstić information content (AvgIpc) is 2.62. The molecule has 1 fully saturated rings. The van der Waals surface area contributed by atoms with Gasteiger partial charge in [0.05, 0.1) is 0 Å². The standard InChI is InChI=1S/C16H24N2O/c1-11-7-8-13(10-14(11)17-12(2)19)18-15-6-5-9-16(15,3)4/h7-8,10,15,18H,5-6,9H2,1-4H3,(H,17,19). The molecule has 1 aliphatic carbocycles. The van der Waals surface area contributed by atoms with E-state index in [1.165, 1.54) is 19.3 Å². The summed E-state index contributed by atoms with van der Waals surface area (Å²) in [5.41, 5.74) is 3.42. The van der Waals surface area contributed by atoms with E-state index in [-0.39, 0.29) is 5.91 Å². The Balaban J connectivity index is 2.15. The van der Waals surface area contributed by atoms with Crippen molar-refractivity contribution in [1.82, 2.24) is 0 Å². The summed E-state index contributed by atoms with van der Waals surface area (Å²) < 4.78 is 0. The molecule has 0 aromatic heterocycles. The third-order valence-electron chi connectivity index (χ3n) is 4.15. The first kappa shape index (κ1) is 13.9. The fourth-order valence-corrected chi connectivity index (χ4v) is 2.83. The fourth-order valence-electron chi connectivity index (χ4n) is 2.83. The van der Waals surface area contributed by atoms with Gasteiger partial charge in [0.1, 0.15) is 0 Å². The maximum atomic E-state index is 11.2. The summed E-state index contributed by atoms with van der Waals surface area (Å²) in [5, 5.41) is 6.50. The van der Waals surface area contributed by atoms with Crippen LogP contribution in [0.1, 0.15) is 45.6 Å². The maximum absolute atomic E-state index is 11.2. The molecule has 1 aliphatic rings. The van der Waals surface area contributed by atoms with Gasteiger partial charge in [0.25, 0.3) is 0 Å². The molecule has 104 valence electrons. The Labute approximate surface area is 115 Å². The van der Waals surface area contributed by atoms with Gasteiger partial charge in [-0.25, -0.2) is 0 Å². The van der Waals surface area contributed by atoms with E-state index in [9.17, 15) is 4.79 Å². The van der Waals surface area contributed by atoms with E-state index < -0.39 is 0 Å². The van der Waals surface area contributed by atoms with Crippen LogP contribution >= 0.6 is 0 Å². The summed E-state index contributed by atoms with van der Waals surface area (Å²) in [6.45, 7) is 8.19. The lowest BCUT2D eigenvalue weighted by Gasteiger charge is -2.29. The number of nitrogens with one attached hydrogen (secondary N) is 2. The Hall–Kier alpha value is -1.51. The summed E-state index contributed by atoms with van der Waals surface area (Å²) in [6, 6.07) is 6.69. The number of aryl methyl sites for hydroxylation is 1. The van der Waals surface area contributed by atoms with Crippen molar-refractivity contribution in [2.45, 2.75) is 53.0 Å². The van der Waals surface area contributed by atoms with Gasteiger partial charge >= 0.3 is 0 Å². The van der Waals surface area contributed by atoms with Gasteiger partial charge in [0.2, 0.25) is 5.91 Å². The van der Waals surface area contributed by atoms with E-state index in [1.54, 1.807) is 6.92 Å². The fraction of sp³-hybridized carbons (Fsp3) is 0.562. The highest BCUT2D eigenvalue weighted by Gasteiger charge is 2.34. The third kappa shape index (κ3) is 3.28. The van der Waals surface area contributed by atoms with Crippen LogP contribution in [0.4, 0.5) is 11.4 Å². The molecule has 2 N–H and O–H groups in total. The molecule has 1 atom stereocenters. The number of anilines is 2. The van der Waals surface area contributed by atoms with Gasteiger partial charge in [-0.05, 0) is 42.9 Å². The Morgan fingerprint density at radius 3 is 2.68 bits per heavy atom. The molecule has 3 heteroatoms. The van der Waals surface area contributed by atoms with Crippen LogP contribution in [-0.2, 0) is 4.79 Å². The Kier molecular flexibility index (Phi) is 3.83.